The number of aromatic nitrogens is 2. The third-order valence-corrected chi connectivity index (χ3v) is 3.70. The number of hydrogen-bond acceptors (Lipinski definition) is 4. The summed E-state index contributed by atoms with van der Waals surface area (Å²) in [5.41, 5.74) is 0.414. The van der Waals surface area contributed by atoms with E-state index >= 15 is 0 Å². The van der Waals surface area contributed by atoms with E-state index in [2.05, 4.69) is 4.98 Å². The minimum Gasteiger partial charge on any atom is -0.331 e. The lowest BCUT2D eigenvalue weighted by atomic mass is 10.1. The van der Waals surface area contributed by atoms with Gasteiger partial charge in [0.1, 0.15) is 0 Å². The van der Waals surface area contributed by atoms with Crippen LogP contribution in [0.15, 0.2) is 41.6 Å². The van der Waals surface area contributed by atoms with Crippen molar-refractivity contribution in [2.45, 2.75) is 4.90 Å². The molecule has 0 atom stereocenters. The molecule has 1 heterocycles. The maximum absolute atomic E-state index is 12.1. The first-order valence-electron chi connectivity index (χ1n) is 5.22. The zero-order chi connectivity index (χ0) is 13.3. The molecule has 0 N–H and O–H groups in total. The molecule has 2 aromatic rings. The predicted molar refractivity (Wildman–Crippen MR) is 66.2 cm³/mol. The zero-order valence-corrected chi connectivity index (χ0v) is 10.8. The summed E-state index contributed by atoms with van der Waals surface area (Å²) < 4.78 is 24.2. The fourth-order valence-electron chi connectivity index (χ4n) is 1.57. The largest absolute Gasteiger partial charge is 0.331 e. The topological polar surface area (TPSA) is 69.0 Å². The van der Waals surface area contributed by atoms with Crippen LogP contribution in [0.2, 0.25) is 0 Å². The van der Waals surface area contributed by atoms with Crippen molar-refractivity contribution >= 4 is 15.6 Å². The van der Waals surface area contributed by atoms with Gasteiger partial charge in [-0.15, -0.1) is 0 Å². The van der Waals surface area contributed by atoms with Crippen LogP contribution in [0.4, 0.5) is 0 Å². The quantitative estimate of drug-likeness (QED) is 0.777. The van der Waals surface area contributed by atoms with E-state index in [4.69, 9.17) is 0 Å². The number of hydrogen-bond donors (Lipinski definition) is 0. The van der Waals surface area contributed by atoms with Crippen molar-refractivity contribution in [1.82, 2.24) is 9.55 Å². The summed E-state index contributed by atoms with van der Waals surface area (Å²) in [6, 6.07) is 5.83. The van der Waals surface area contributed by atoms with Crippen molar-refractivity contribution in [2.24, 2.45) is 7.05 Å². The predicted octanol–water partition coefficient (Wildman–Crippen LogP) is 1.05. The highest BCUT2D eigenvalue weighted by atomic mass is 32.2. The summed E-state index contributed by atoms with van der Waals surface area (Å²) in [7, 11) is -1.51. The molecule has 0 unspecified atom stereocenters. The number of nitrogens with zero attached hydrogens (tertiary/aromatic N) is 2. The highest BCUT2D eigenvalue weighted by Gasteiger charge is 2.14. The average molecular weight is 264 g/mol. The van der Waals surface area contributed by atoms with E-state index in [1.807, 2.05) is 0 Å². The number of benzene rings is 1. The van der Waals surface area contributed by atoms with Gasteiger partial charge in [0.25, 0.3) is 0 Å². The number of carbonyl (C=O) groups is 1. The zero-order valence-electron chi connectivity index (χ0n) is 9.99. The molecule has 0 aliphatic rings. The van der Waals surface area contributed by atoms with Crippen LogP contribution in [-0.2, 0) is 16.9 Å². The van der Waals surface area contributed by atoms with Crippen LogP contribution in [0.1, 0.15) is 16.2 Å². The van der Waals surface area contributed by atoms with E-state index in [1.165, 1.54) is 30.5 Å². The Morgan fingerprint density at radius 3 is 2.28 bits per heavy atom. The molecule has 0 fully saturated rings. The van der Waals surface area contributed by atoms with Gasteiger partial charge in [-0.05, 0) is 24.3 Å². The molecule has 0 spiro atoms. The monoisotopic (exact) mass is 264 g/mol. The van der Waals surface area contributed by atoms with E-state index in [-0.39, 0.29) is 10.7 Å². The normalized spacial score (nSPS) is 11.4. The summed E-state index contributed by atoms with van der Waals surface area (Å²) in [6.07, 6.45) is 4.35. The van der Waals surface area contributed by atoms with Crippen molar-refractivity contribution in [3.05, 3.63) is 48.0 Å². The van der Waals surface area contributed by atoms with Crippen LogP contribution in [-0.4, -0.2) is 30.0 Å². The second kappa shape index (κ2) is 4.38. The van der Waals surface area contributed by atoms with Crippen LogP contribution < -0.4 is 0 Å². The number of carbonyl (C=O) groups excluding carboxylic acids is 1. The molecule has 6 heteroatoms. The Morgan fingerprint density at radius 1 is 1.22 bits per heavy atom. The number of rotatable bonds is 3. The van der Waals surface area contributed by atoms with Crippen molar-refractivity contribution in [1.29, 1.82) is 0 Å². The summed E-state index contributed by atoms with van der Waals surface area (Å²) in [4.78, 5) is 16.2. The van der Waals surface area contributed by atoms with Crippen molar-refractivity contribution < 1.29 is 13.2 Å². The molecule has 0 aliphatic heterocycles. The van der Waals surface area contributed by atoms with Gasteiger partial charge >= 0.3 is 0 Å². The van der Waals surface area contributed by atoms with Crippen molar-refractivity contribution in [3.8, 4) is 0 Å². The second-order valence-corrected chi connectivity index (χ2v) is 6.00. The SMILES string of the molecule is Cn1ccnc1C(=O)c1ccc(S(C)(=O)=O)cc1. The standard InChI is InChI=1S/C12H12N2O3S/c1-14-8-7-13-12(14)11(15)9-3-5-10(6-4-9)18(2,16)17/h3-8H,1-2H3. The van der Waals surface area contributed by atoms with Gasteiger partial charge in [0.05, 0.1) is 4.90 Å². The summed E-state index contributed by atoms with van der Waals surface area (Å²) >= 11 is 0. The minimum atomic E-state index is -3.24. The van der Waals surface area contributed by atoms with E-state index < -0.39 is 9.84 Å². The molecule has 2 rings (SSSR count). The molecule has 1 aromatic carbocycles. The smallest absolute Gasteiger partial charge is 0.228 e. The first-order valence-corrected chi connectivity index (χ1v) is 7.11. The first kappa shape index (κ1) is 12.5. The average Bonchev–Trinajstić information content (AvgIpc) is 2.73. The van der Waals surface area contributed by atoms with Gasteiger partial charge in [0.2, 0.25) is 5.78 Å². The lowest BCUT2D eigenvalue weighted by Gasteiger charge is -2.02. The van der Waals surface area contributed by atoms with Gasteiger partial charge in [0.15, 0.2) is 15.7 Å². The summed E-state index contributed by atoms with van der Waals surface area (Å²) in [6.45, 7) is 0. The Morgan fingerprint density at radius 2 is 1.83 bits per heavy atom. The Balaban J connectivity index is 2.37. The van der Waals surface area contributed by atoms with Gasteiger partial charge in [-0.25, -0.2) is 13.4 Å². The maximum atomic E-state index is 12.1. The Hall–Kier alpha value is -1.95. The van der Waals surface area contributed by atoms with Gasteiger partial charge in [-0.2, -0.15) is 0 Å². The highest BCUT2D eigenvalue weighted by Crippen LogP contribution is 2.13. The van der Waals surface area contributed by atoms with E-state index in [1.54, 1.807) is 17.8 Å². The Kier molecular flexibility index (Phi) is 3.04. The second-order valence-electron chi connectivity index (χ2n) is 3.99. The van der Waals surface area contributed by atoms with Crippen LogP contribution in [0.25, 0.3) is 0 Å². The van der Waals surface area contributed by atoms with Gasteiger partial charge in [0, 0.05) is 31.3 Å². The summed E-state index contributed by atoms with van der Waals surface area (Å²) in [5.74, 6) is 0.0876. The van der Waals surface area contributed by atoms with Crippen LogP contribution in [0, 0.1) is 0 Å². The molecule has 0 saturated carbocycles. The van der Waals surface area contributed by atoms with Crippen molar-refractivity contribution in [2.75, 3.05) is 6.26 Å². The molecule has 18 heavy (non-hydrogen) atoms. The number of sulfone groups is 1. The number of imidazole rings is 1. The van der Waals surface area contributed by atoms with Crippen LogP contribution >= 0.6 is 0 Å². The fourth-order valence-corrected chi connectivity index (χ4v) is 2.20. The van der Waals surface area contributed by atoms with Gasteiger partial charge in [-0.3, -0.25) is 4.79 Å². The van der Waals surface area contributed by atoms with E-state index in [9.17, 15) is 13.2 Å². The molecule has 0 amide bonds. The summed E-state index contributed by atoms with van der Waals surface area (Å²) in [5, 5.41) is 0. The highest BCUT2D eigenvalue weighted by molar-refractivity contribution is 7.90. The maximum Gasteiger partial charge on any atom is 0.228 e. The third kappa shape index (κ3) is 2.33. The number of ketones is 1. The molecule has 0 radical (unpaired) electrons. The lowest BCUT2D eigenvalue weighted by Crippen LogP contribution is -2.09. The minimum absolute atomic E-state index is 0.193. The Labute approximate surface area is 105 Å². The van der Waals surface area contributed by atoms with Crippen LogP contribution in [0.5, 0.6) is 0 Å². The fraction of sp³-hybridized carbons (Fsp3) is 0.167. The van der Waals surface area contributed by atoms with Crippen LogP contribution in [0.3, 0.4) is 0 Å². The molecular formula is C12H12N2O3S. The van der Waals surface area contributed by atoms with Gasteiger partial charge < -0.3 is 4.57 Å². The Bertz CT molecular complexity index is 684. The molecule has 0 saturated heterocycles. The molecule has 5 nitrogen and oxygen atoms in total. The van der Waals surface area contributed by atoms with Crippen molar-refractivity contribution in [3.63, 3.8) is 0 Å². The molecule has 0 aliphatic carbocycles. The molecular weight excluding hydrogens is 252 g/mol. The lowest BCUT2D eigenvalue weighted by molar-refractivity contribution is 0.102. The molecule has 1 aromatic heterocycles. The first-order chi connectivity index (χ1) is 8.39. The third-order valence-electron chi connectivity index (χ3n) is 2.57. The number of aryl methyl sites for hydroxylation is 1. The molecule has 94 valence electrons. The van der Waals surface area contributed by atoms with Gasteiger partial charge in [-0.1, -0.05) is 0 Å². The van der Waals surface area contributed by atoms with E-state index in [0.717, 1.165) is 6.26 Å². The van der Waals surface area contributed by atoms with E-state index in [0.29, 0.717) is 11.4 Å². The molecule has 0 bridgehead atoms.